The molecule has 1 aromatic carbocycles. The number of halogens is 2. The van der Waals surface area contributed by atoms with Gasteiger partial charge in [0.05, 0.1) is 7.14 Å². The molecule has 0 aliphatic carbocycles. The lowest BCUT2D eigenvalue weighted by Crippen LogP contribution is -1.97. The van der Waals surface area contributed by atoms with Crippen LogP contribution >= 0.6 is 45.2 Å². The van der Waals surface area contributed by atoms with Gasteiger partial charge in [-0.2, -0.15) is 0 Å². The Bertz CT molecular complexity index is 346. The van der Waals surface area contributed by atoms with Gasteiger partial charge >= 0.3 is 0 Å². The van der Waals surface area contributed by atoms with Gasteiger partial charge in [-0.3, -0.25) is 0 Å². The van der Waals surface area contributed by atoms with Crippen LogP contribution in [0, 0.1) is 7.14 Å². The molecule has 1 rings (SSSR count). The minimum atomic E-state index is -0.441. The van der Waals surface area contributed by atoms with E-state index in [1.807, 2.05) is 59.0 Å². The van der Waals surface area contributed by atoms with E-state index >= 15 is 0 Å². The van der Waals surface area contributed by atoms with Crippen molar-refractivity contribution in [2.75, 3.05) is 0 Å². The third-order valence-electron chi connectivity index (χ3n) is 1.91. The van der Waals surface area contributed by atoms with E-state index in [0.717, 1.165) is 5.56 Å². The number of benzene rings is 1. The van der Waals surface area contributed by atoms with Crippen molar-refractivity contribution in [3.05, 3.63) is 12.7 Å². The Balaban J connectivity index is 3.60. The molecule has 0 aromatic heterocycles. The summed E-state index contributed by atoms with van der Waals surface area (Å²) in [6, 6.07) is 0. The summed E-state index contributed by atoms with van der Waals surface area (Å²) < 4.78 is 1.19. The first-order valence-electron chi connectivity index (χ1n) is 3.99. The van der Waals surface area contributed by atoms with Crippen LogP contribution in [-0.4, -0.2) is 15.3 Å². The molecule has 0 saturated heterocycles. The van der Waals surface area contributed by atoms with Crippen molar-refractivity contribution in [3.8, 4) is 17.2 Å². The zero-order chi connectivity index (χ0) is 11.0. The van der Waals surface area contributed by atoms with Crippen LogP contribution in [0.25, 0.3) is 0 Å². The minimum Gasteiger partial charge on any atom is -0.503 e. The number of phenols is 3. The van der Waals surface area contributed by atoms with E-state index in [0.29, 0.717) is 7.14 Å². The Morgan fingerprint density at radius 1 is 0.857 bits per heavy atom. The zero-order valence-corrected chi connectivity index (χ0v) is 12.0. The van der Waals surface area contributed by atoms with Gasteiger partial charge < -0.3 is 15.3 Å². The van der Waals surface area contributed by atoms with Crippen LogP contribution < -0.4 is 0 Å². The molecule has 0 saturated carbocycles. The van der Waals surface area contributed by atoms with Gasteiger partial charge in [-0.15, -0.1) is 0 Å². The molecule has 3 nitrogen and oxygen atoms in total. The minimum absolute atomic E-state index is 0.186. The molecule has 78 valence electrons. The standard InChI is InChI=1S/C9H10I2O3/c1-3(2)4-5(10)7(12)9(14)8(13)6(4)11/h3,12-14H,1-2H3. The number of rotatable bonds is 1. The van der Waals surface area contributed by atoms with Crippen molar-refractivity contribution >= 4 is 45.2 Å². The molecule has 0 heterocycles. The second-order valence-corrected chi connectivity index (χ2v) is 5.40. The van der Waals surface area contributed by atoms with Crippen molar-refractivity contribution in [2.45, 2.75) is 19.8 Å². The summed E-state index contributed by atoms with van der Waals surface area (Å²) in [6.45, 7) is 3.94. The first-order valence-corrected chi connectivity index (χ1v) is 6.15. The number of hydrogen-bond acceptors (Lipinski definition) is 3. The monoisotopic (exact) mass is 420 g/mol. The smallest absolute Gasteiger partial charge is 0.202 e. The largest absolute Gasteiger partial charge is 0.503 e. The van der Waals surface area contributed by atoms with E-state index in [-0.39, 0.29) is 17.4 Å². The molecule has 0 unspecified atom stereocenters. The zero-order valence-electron chi connectivity index (χ0n) is 7.67. The van der Waals surface area contributed by atoms with Gasteiger partial charge in [0, 0.05) is 0 Å². The van der Waals surface area contributed by atoms with Crippen molar-refractivity contribution in [1.29, 1.82) is 0 Å². The number of aromatic hydroxyl groups is 3. The van der Waals surface area contributed by atoms with E-state index in [2.05, 4.69) is 0 Å². The lowest BCUT2D eigenvalue weighted by atomic mass is 10.0. The molecular formula is C9H10I2O3. The van der Waals surface area contributed by atoms with Crippen molar-refractivity contribution in [3.63, 3.8) is 0 Å². The van der Waals surface area contributed by atoms with Crippen LogP contribution in [0.2, 0.25) is 0 Å². The highest BCUT2D eigenvalue weighted by Gasteiger charge is 2.21. The van der Waals surface area contributed by atoms with Crippen LogP contribution in [0.5, 0.6) is 17.2 Å². The van der Waals surface area contributed by atoms with Gasteiger partial charge in [0.2, 0.25) is 5.75 Å². The van der Waals surface area contributed by atoms with Gasteiger partial charge in [0.15, 0.2) is 11.5 Å². The predicted molar refractivity (Wildman–Crippen MR) is 71.0 cm³/mol. The first kappa shape index (κ1) is 12.2. The maximum Gasteiger partial charge on any atom is 0.202 e. The molecule has 0 fully saturated rings. The van der Waals surface area contributed by atoms with Crippen LogP contribution in [0.1, 0.15) is 25.3 Å². The van der Waals surface area contributed by atoms with Crippen molar-refractivity contribution < 1.29 is 15.3 Å². The summed E-state index contributed by atoms with van der Waals surface area (Å²) in [7, 11) is 0. The molecule has 0 atom stereocenters. The fourth-order valence-electron chi connectivity index (χ4n) is 1.18. The Hall–Kier alpha value is 0.0800. The molecule has 0 aliphatic heterocycles. The van der Waals surface area contributed by atoms with Crippen LogP contribution in [-0.2, 0) is 0 Å². The highest BCUT2D eigenvalue weighted by Crippen LogP contribution is 2.46. The molecule has 3 N–H and O–H groups in total. The van der Waals surface area contributed by atoms with Crippen LogP contribution in [0.3, 0.4) is 0 Å². The Morgan fingerprint density at radius 3 is 1.50 bits per heavy atom. The van der Waals surface area contributed by atoms with Crippen LogP contribution in [0.15, 0.2) is 0 Å². The Kier molecular flexibility index (Phi) is 3.73. The van der Waals surface area contributed by atoms with Gasteiger partial charge in [0.25, 0.3) is 0 Å². The van der Waals surface area contributed by atoms with Gasteiger partial charge in [-0.25, -0.2) is 0 Å². The topological polar surface area (TPSA) is 60.7 Å². The summed E-state index contributed by atoms with van der Waals surface area (Å²) in [5.74, 6) is -0.742. The summed E-state index contributed by atoms with van der Waals surface area (Å²) in [5, 5.41) is 28.4. The molecule has 0 spiro atoms. The summed E-state index contributed by atoms with van der Waals surface area (Å²) in [4.78, 5) is 0. The molecule has 14 heavy (non-hydrogen) atoms. The van der Waals surface area contributed by atoms with E-state index in [1.165, 1.54) is 0 Å². The van der Waals surface area contributed by atoms with Crippen LogP contribution in [0.4, 0.5) is 0 Å². The Labute approximate surface area is 109 Å². The van der Waals surface area contributed by atoms with Crippen molar-refractivity contribution in [1.82, 2.24) is 0 Å². The normalized spacial score (nSPS) is 10.9. The molecular weight excluding hydrogens is 410 g/mol. The average molecular weight is 420 g/mol. The Morgan fingerprint density at radius 2 is 1.21 bits per heavy atom. The maximum atomic E-state index is 9.52. The molecule has 0 bridgehead atoms. The number of hydrogen-bond donors (Lipinski definition) is 3. The predicted octanol–water partition coefficient (Wildman–Crippen LogP) is 3.14. The molecule has 5 heteroatoms. The average Bonchev–Trinajstić information content (AvgIpc) is 2.11. The molecule has 1 aromatic rings. The fraction of sp³-hybridized carbons (Fsp3) is 0.333. The van der Waals surface area contributed by atoms with Crippen molar-refractivity contribution in [2.24, 2.45) is 0 Å². The van der Waals surface area contributed by atoms with E-state index in [9.17, 15) is 15.3 Å². The molecule has 0 aliphatic rings. The lowest BCUT2D eigenvalue weighted by molar-refractivity contribution is 0.362. The lowest BCUT2D eigenvalue weighted by Gasteiger charge is -2.15. The second kappa shape index (κ2) is 4.30. The summed E-state index contributed by atoms with van der Waals surface area (Å²) >= 11 is 3.92. The summed E-state index contributed by atoms with van der Waals surface area (Å²) in [6.07, 6.45) is 0. The fourth-order valence-corrected chi connectivity index (χ4v) is 3.99. The molecule has 0 amide bonds. The molecule has 0 radical (unpaired) electrons. The van der Waals surface area contributed by atoms with Gasteiger partial charge in [-0.1, -0.05) is 13.8 Å². The van der Waals surface area contributed by atoms with Gasteiger partial charge in [-0.05, 0) is 56.7 Å². The highest BCUT2D eigenvalue weighted by molar-refractivity contribution is 14.1. The van der Waals surface area contributed by atoms with Gasteiger partial charge in [0.1, 0.15) is 0 Å². The SMILES string of the molecule is CC(C)c1c(I)c(O)c(O)c(O)c1I. The van der Waals surface area contributed by atoms with E-state index in [4.69, 9.17) is 0 Å². The van der Waals surface area contributed by atoms with E-state index in [1.54, 1.807) is 0 Å². The summed E-state index contributed by atoms with van der Waals surface area (Å²) in [5.41, 5.74) is 0.860. The quantitative estimate of drug-likeness (QED) is 0.484. The maximum absolute atomic E-state index is 9.52. The third kappa shape index (κ3) is 1.88. The highest BCUT2D eigenvalue weighted by atomic mass is 127. The second-order valence-electron chi connectivity index (χ2n) is 3.24. The first-order chi connectivity index (χ1) is 6.37. The number of phenolic OH excluding ortho intramolecular Hbond substituents is 3. The van der Waals surface area contributed by atoms with E-state index < -0.39 is 5.75 Å². The third-order valence-corrected chi connectivity index (χ3v) is 4.10.